The summed E-state index contributed by atoms with van der Waals surface area (Å²) in [5, 5.41) is 10.3. The summed E-state index contributed by atoms with van der Waals surface area (Å²) < 4.78 is 5.56. The molecule has 0 aliphatic heterocycles. The maximum absolute atomic E-state index is 5.56. The van der Waals surface area contributed by atoms with Crippen LogP contribution in [0.1, 0.15) is 12.8 Å². The summed E-state index contributed by atoms with van der Waals surface area (Å²) in [5.41, 5.74) is 1.70. The average molecular weight is 236 g/mol. The van der Waals surface area contributed by atoms with Crippen molar-refractivity contribution in [2.45, 2.75) is 6.92 Å². The molecule has 0 unspecified atom stereocenters. The number of fused-ring (bicyclic) bond motifs is 1. The Balaban J connectivity index is 2.10. The van der Waals surface area contributed by atoms with Crippen LogP contribution >= 0.6 is 0 Å². The van der Waals surface area contributed by atoms with Crippen LogP contribution in [0.25, 0.3) is 27.8 Å². The lowest BCUT2D eigenvalue weighted by Crippen LogP contribution is -1.79. The molecule has 0 amide bonds. The van der Waals surface area contributed by atoms with E-state index in [-0.39, 0.29) is 0 Å². The second-order valence-electron chi connectivity index (χ2n) is 4.25. The summed E-state index contributed by atoms with van der Waals surface area (Å²) in [7, 11) is 0. The molecule has 3 heteroatoms. The molecule has 1 aromatic heterocycles. The molecule has 18 heavy (non-hydrogen) atoms. The molecular weight excluding hydrogens is 224 g/mol. The number of rotatable bonds is 2. The van der Waals surface area contributed by atoms with Crippen LogP contribution in [-0.2, 0) is 0 Å². The molecule has 88 valence electrons. The monoisotopic (exact) mass is 236 g/mol. The predicted molar refractivity (Wildman–Crippen MR) is 71.9 cm³/mol. The zero-order chi connectivity index (χ0) is 12.5. The molecule has 0 fully saturated rings. The van der Waals surface area contributed by atoms with E-state index in [0.717, 1.165) is 16.5 Å². The minimum Gasteiger partial charge on any atom is -0.417 e. The fourth-order valence-corrected chi connectivity index (χ4v) is 1.83. The van der Waals surface area contributed by atoms with Crippen molar-refractivity contribution in [3.8, 4) is 11.5 Å². The molecule has 0 N–H and O–H groups in total. The van der Waals surface area contributed by atoms with Crippen molar-refractivity contribution in [2.24, 2.45) is 0 Å². The van der Waals surface area contributed by atoms with Crippen LogP contribution in [0.5, 0.6) is 0 Å². The van der Waals surface area contributed by atoms with E-state index in [1.54, 1.807) is 0 Å². The van der Waals surface area contributed by atoms with E-state index in [9.17, 15) is 0 Å². The van der Waals surface area contributed by atoms with Crippen molar-refractivity contribution in [1.29, 1.82) is 0 Å². The number of nitrogens with zero attached hydrogens (tertiary/aromatic N) is 2. The quantitative estimate of drug-likeness (QED) is 0.676. The molecule has 3 aromatic rings. The van der Waals surface area contributed by atoms with Gasteiger partial charge in [-0.1, -0.05) is 36.9 Å². The number of hydrogen-bond acceptors (Lipinski definition) is 3. The lowest BCUT2D eigenvalue weighted by molar-refractivity contribution is 0.553. The highest BCUT2D eigenvalue weighted by Gasteiger charge is 2.09. The minimum absolute atomic E-state index is 0.484. The second-order valence-corrected chi connectivity index (χ2v) is 4.25. The van der Waals surface area contributed by atoms with Gasteiger partial charge in [0.1, 0.15) is 0 Å². The topological polar surface area (TPSA) is 38.9 Å². The first kappa shape index (κ1) is 10.7. The van der Waals surface area contributed by atoms with Gasteiger partial charge in [-0.3, -0.25) is 0 Å². The highest BCUT2D eigenvalue weighted by molar-refractivity contribution is 5.86. The Kier molecular flexibility index (Phi) is 2.45. The van der Waals surface area contributed by atoms with Crippen molar-refractivity contribution in [3.05, 3.63) is 54.9 Å². The van der Waals surface area contributed by atoms with Gasteiger partial charge in [-0.15, -0.1) is 10.2 Å². The summed E-state index contributed by atoms with van der Waals surface area (Å²) in [6.45, 7) is 5.63. The molecule has 0 saturated carbocycles. The van der Waals surface area contributed by atoms with Gasteiger partial charge in [0.25, 0.3) is 0 Å². The highest BCUT2D eigenvalue weighted by Crippen LogP contribution is 2.24. The Hall–Kier alpha value is -2.42. The van der Waals surface area contributed by atoms with Crippen LogP contribution < -0.4 is 0 Å². The second kappa shape index (κ2) is 4.11. The van der Waals surface area contributed by atoms with Gasteiger partial charge in [-0.05, 0) is 29.8 Å². The maximum atomic E-state index is 5.56. The van der Waals surface area contributed by atoms with Gasteiger partial charge < -0.3 is 4.42 Å². The van der Waals surface area contributed by atoms with Crippen molar-refractivity contribution in [3.63, 3.8) is 0 Å². The third-order valence-corrected chi connectivity index (χ3v) is 2.79. The first-order valence-corrected chi connectivity index (χ1v) is 5.72. The van der Waals surface area contributed by atoms with E-state index in [1.807, 2.05) is 31.2 Å². The Labute approximate surface area is 105 Å². The van der Waals surface area contributed by atoms with E-state index >= 15 is 0 Å². The van der Waals surface area contributed by atoms with Crippen molar-refractivity contribution in [1.82, 2.24) is 10.2 Å². The van der Waals surface area contributed by atoms with Crippen LogP contribution in [0, 0.1) is 0 Å². The molecule has 1 heterocycles. The van der Waals surface area contributed by atoms with Crippen LogP contribution in [0.4, 0.5) is 0 Å². The van der Waals surface area contributed by atoms with E-state index in [4.69, 9.17) is 4.42 Å². The first-order valence-electron chi connectivity index (χ1n) is 5.72. The smallest absolute Gasteiger partial charge is 0.248 e. The van der Waals surface area contributed by atoms with Gasteiger partial charge in [0.15, 0.2) is 0 Å². The zero-order valence-corrected chi connectivity index (χ0v) is 10.1. The first-order chi connectivity index (χ1) is 8.74. The zero-order valence-electron chi connectivity index (χ0n) is 10.1. The summed E-state index contributed by atoms with van der Waals surface area (Å²) in [4.78, 5) is 0. The van der Waals surface area contributed by atoms with Crippen molar-refractivity contribution >= 4 is 16.3 Å². The maximum Gasteiger partial charge on any atom is 0.248 e. The largest absolute Gasteiger partial charge is 0.417 e. The van der Waals surface area contributed by atoms with Gasteiger partial charge in [-0.25, -0.2) is 0 Å². The number of benzene rings is 2. The summed E-state index contributed by atoms with van der Waals surface area (Å²) in [5.74, 6) is 1.01. The van der Waals surface area contributed by atoms with E-state index in [2.05, 4.69) is 35.0 Å². The molecule has 0 saturated heterocycles. The Morgan fingerprint density at radius 2 is 1.83 bits per heavy atom. The van der Waals surface area contributed by atoms with Gasteiger partial charge in [0.2, 0.25) is 11.8 Å². The van der Waals surface area contributed by atoms with E-state index in [1.165, 1.54) is 5.39 Å². The molecular formula is C15H12N2O. The summed E-state index contributed by atoms with van der Waals surface area (Å²) in [6.07, 6.45) is 0. The van der Waals surface area contributed by atoms with Crippen molar-refractivity contribution < 1.29 is 4.42 Å². The fraction of sp³-hybridized carbons (Fsp3) is 0.0667. The number of hydrogen-bond donors (Lipinski definition) is 0. The minimum atomic E-state index is 0.484. The van der Waals surface area contributed by atoms with E-state index < -0.39 is 0 Å². The van der Waals surface area contributed by atoms with Gasteiger partial charge in [0, 0.05) is 11.1 Å². The highest BCUT2D eigenvalue weighted by atomic mass is 16.4. The van der Waals surface area contributed by atoms with Crippen LogP contribution in [0.15, 0.2) is 53.5 Å². The lowest BCUT2D eigenvalue weighted by Gasteiger charge is -1.99. The molecule has 0 atom stereocenters. The third kappa shape index (κ3) is 1.80. The van der Waals surface area contributed by atoms with E-state index in [0.29, 0.717) is 11.8 Å². The number of aromatic nitrogens is 2. The SMILES string of the molecule is C=C(C)c1nnc(-c2ccc3ccccc3c2)o1. The third-order valence-electron chi connectivity index (χ3n) is 2.79. The summed E-state index contributed by atoms with van der Waals surface area (Å²) >= 11 is 0. The number of allylic oxidation sites excluding steroid dienone is 1. The van der Waals surface area contributed by atoms with Crippen LogP contribution in [-0.4, -0.2) is 10.2 Å². The Bertz CT molecular complexity index is 728. The molecule has 0 aliphatic rings. The fourth-order valence-electron chi connectivity index (χ4n) is 1.83. The molecule has 0 spiro atoms. The summed E-state index contributed by atoms with van der Waals surface area (Å²) in [6, 6.07) is 14.3. The van der Waals surface area contributed by atoms with Crippen LogP contribution in [0.2, 0.25) is 0 Å². The molecule has 2 aromatic carbocycles. The van der Waals surface area contributed by atoms with Gasteiger partial charge in [-0.2, -0.15) is 0 Å². The normalized spacial score (nSPS) is 10.7. The molecule has 0 aliphatic carbocycles. The molecule has 0 bridgehead atoms. The molecule has 3 rings (SSSR count). The lowest BCUT2D eigenvalue weighted by atomic mass is 10.1. The van der Waals surface area contributed by atoms with Gasteiger partial charge >= 0.3 is 0 Å². The average Bonchev–Trinajstić information content (AvgIpc) is 2.88. The Morgan fingerprint density at radius 1 is 1.06 bits per heavy atom. The molecule has 3 nitrogen and oxygen atoms in total. The van der Waals surface area contributed by atoms with Crippen molar-refractivity contribution in [2.75, 3.05) is 0 Å². The van der Waals surface area contributed by atoms with Gasteiger partial charge in [0.05, 0.1) is 0 Å². The van der Waals surface area contributed by atoms with Crippen LogP contribution in [0.3, 0.4) is 0 Å². The standard InChI is InChI=1S/C15H12N2O/c1-10(2)14-16-17-15(18-14)13-8-7-11-5-3-4-6-12(11)9-13/h3-9H,1H2,2H3. The Morgan fingerprint density at radius 3 is 2.56 bits per heavy atom. The predicted octanol–water partition coefficient (Wildman–Crippen LogP) is 3.92. The molecule has 0 radical (unpaired) electrons.